The highest BCUT2D eigenvalue weighted by molar-refractivity contribution is 6.40. The standard InChI is InChI=1S/C8H12Cl2N2/c1-5-11-6(9)7(10)12(5)8(2,3)4/h1-4H3. The number of nitrogens with zero attached hydrogens (tertiary/aromatic N) is 2. The molecule has 1 aromatic rings. The predicted molar refractivity (Wildman–Crippen MR) is 52.0 cm³/mol. The topological polar surface area (TPSA) is 17.8 Å². The average molecular weight is 207 g/mol. The van der Waals surface area contributed by atoms with E-state index in [0.29, 0.717) is 10.3 Å². The summed E-state index contributed by atoms with van der Waals surface area (Å²) >= 11 is 11.7. The summed E-state index contributed by atoms with van der Waals surface area (Å²) in [7, 11) is 0. The summed E-state index contributed by atoms with van der Waals surface area (Å²) in [5, 5.41) is 0.894. The second-order valence-electron chi connectivity index (χ2n) is 3.75. The lowest BCUT2D eigenvalue weighted by Gasteiger charge is -2.23. The van der Waals surface area contributed by atoms with Gasteiger partial charge in [-0.25, -0.2) is 4.98 Å². The highest BCUT2D eigenvalue weighted by atomic mass is 35.5. The van der Waals surface area contributed by atoms with Crippen LogP contribution in [-0.2, 0) is 5.54 Å². The second-order valence-corrected chi connectivity index (χ2v) is 4.46. The van der Waals surface area contributed by atoms with Crippen LogP contribution in [0.2, 0.25) is 10.3 Å². The summed E-state index contributed by atoms with van der Waals surface area (Å²) in [4.78, 5) is 4.07. The molecule has 2 nitrogen and oxygen atoms in total. The molecule has 4 heteroatoms. The molecule has 0 radical (unpaired) electrons. The van der Waals surface area contributed by atoms with Gasteiger partial charge in [0.1, 0.15) is 11.0 Å². The fraction of sp³-hybridized carbons (Fsp3) is 0.625. The maximum absolute atomic E-state index is 5.97. The lowest BCUT2D eigenvalue weighted by molar-refractivity contribution is 0.388. The van der Waals surface area contributed by atoms with Crippen LogP contribution in [0.4, 0.5) is 0 Å². The van der Waals surface area contributed by atoms with E-state index >= 15 is 0 Å². The van der Waals surface area contributed by atoms with Crippen LogP contribution in [0.3, 0.4) is 0 Å². The molecule has 0 aliphatic heterocycles. The molecule has 0 fully saturated rings. The van der Waals surface area contributed by atoms with E-state index in [1.54, 1.807) is 0 Å². The lowest BCUT2D eigenvalue weighted by atomic mass is 10.1. The highest BCUT2D eigenvalue weighted by Crippen LogP contribution is 2.28. The Hall–Kier alpha value is -0.210. The molecule has 0 saturated carbocycles. The first-order chi connectivity index (χ1) is 5.34. The minimum atomic E-state index is -0.0681. The Morgan fingerprint density at radius 3 is 1.92 bits per heavy atom. The molecule has 0 aliphatic carbocycles. The molecular formula is C8H12Cl2N2. The molecule has 0 unspecified atom stereocenters. The van der Waals surface area contributed by atoms with E-state index in [1.165, 1.54) is 0 Å². The van der Waals surface area contributed by atoms with Gasteiger partial charge in [0, 0.05) is 5.54 Å². The zero-order valence-corrected chi connectivity index (χ0v) is 9.16. The Bertz CT molecular complexity index is 297. The molecular weight excluding hydrogens is 195 g/mol. The van der Waals surface area contributed by atoms with Crippen LogP contribution in [-0.4, -0.2) is 9.55 Å². The molecule has 0 amide bonds. The fourth-order valence-corrected chi connectivity index (χ4v) is 1.88. The second kappa shape index (κ2) is 2.93. The van der Waals surface area contributed by atoms with Crippen molar-refractivity contribution < 1.29 is 0 Å². The Morgan fingerprint density at radius 2 is 1.75 bits per heavy atom. The van der Waals surface area contributed by atoms with E-state index in [4.69, 9.17) is 23.2 Å². The van der Waals surface area contributed by atoms with Gasteiger partial charge in [0.05, 0.1) is 0 Å². The molecule has 0 aromatic carbocycles. The van der Waals surface area contributed by atoms with E-state index in [9.17, 15) is 0 Å². The first-order valence-corrected chi connectivity index (χ1v) is 4.50. The van der Waals surface area contributed by atoms with Gasteiger partial charge in [0.25, 0.3) is 0 Å². The van der Waals surface area contributed by atoms with Crippen LogP contribution in [0.15, 0.2) is 0 Å². The minimum Gasteiger partial charge on any atom is -0.313 e. The van der Waals surface area contributed by atoms with Gasteiger partial charge in [-0.1, -0.05) is 23.2 Å². The summed E-state index contributed by atoms with van der Waals surface area (Å²) in [5.41, 5.74) is -0.0681. The van der Waals surface area contributed by atoms with Gasteiger partial charge >= 0.3 is 0 Å². The van der Waals surface area contributed by atoms with E-state index in [0.717, 1.165) is 5.82 Å². The van der Waals surface area contributed by atoms with Crippen LogP contribution in [0.5, 0.6) is 0 Å². The molecule has 12 heavy (non-hydrogen) atoms. The number of rotatable bonds is 0. The fourth-order valence-electron chi connectivity index (χ4n) is 1.25. The largest absolute Gasteiger partial charge is 0.313 e. The molecule has 0 spiro atoms. The van der Waals surface area contributed by atoms with Crippen molar-refractivity contribution in [3.8, 4) is 0 Å². The van der Waals surface area contributed by atoms with Crippen molar-refractivity contribution in [3.63, 3.8) is 0 Å². The summed E-state index contributed by atoms with van der Waals surface area (Å²) in [6, 6.07) is 0. The highest BCUT2D eigenvalue weighted by Gasteiger charge is 2.21. The number of hydrogen-bond acceptors (Lipinski definition) is 1. The van der Waals surface area contributed by atoms with Gasteiger partial charge in [0.2, 0.25) is 0 Å². The Labute approximate surface area is 82.5 Å². The number of aromatic nitrogens is 2. The zero-order chi connectivity index (χ0) is 9.52. The van der Waals surface area contributed by atoms with Crippen LogP contribution >= 0.6 is 23.2 Å². The predicted octanol–water partition coefficient (Wildman–Crippen LogP) is 3.25. The third-order valence-electron chi connectivity index (χ3n) is 1.62. The summed E-state index contributed by atoms with van der Waals surface area (Å²) in [6.45, 7) is 8.07. The van der Waals surface area contributed by atoms with Gasteiger partial charge in [0.15, 0.2) is 5.15 Å². The van der Waals surface area contributed by atoms with Crippen molar-refractivity contribution in [1.82, 2.24) is 9.55 Å². The van der Waals surface area contributed by atoms with E-state index in [1.807, 2.05) is 11.5 Å². The molecule has 0 aliphatic rings. The quantitative estimate of drug-likeness (QED) is 0.638. The first-order valence-electron chi connectivity index (χ1n) is 3.75. The number of hydrogen-bond donors (Lipinski definition) is 0. The average Bonchev–Trinajstić information content (AvgIpc) is 2.05. The lowest BCUT2D eigenvalue weighted by Crippen LogP contribution is -2.23. The number of halogens is 2. The monoisotopic (exact) mass is 206 g/mol. The van der Waals surface area contributed by atoms with Gasteiger partial charge in [-0.05, 0) is 27.7 Å². The normalized spacial score (nSPS) is 12.2. The molecule has 1 heterocycles. The van der Waals surface area contributed by atoms with Gasteiger partial charge in [-0.3, -0.25) is 0 Å². The Kier molecular flexibility index (Phi) is 2.41. The van der Waals surface area contributed by atoms with Crippen molar-refractivity contribution in [1.29, 1.82) is 0 Å². The first kappa shape index (κ1) is 9.87. The third-order valence-corrected chi connectivity index (χ3v) is 2.33. The van der Waals surface area contributed by atoms with E-state index in [-0.39, 0.29) is 5.54 Å². The van der Waals surface area contributed by atoms with Gasteiger partial charge in [-0.15, -0.1) is 0 Å². The van der Waals surface area contributed by atoms with Crippen LogP contribution in [0, 0.1) is 6.92 Å². The molecule has 0 saturated heterocycles. The molecule has 0 N–H and O–H groups in total. The van der Waals surface area contributed by atoms with Crippen LogP contribution in [0.1, 0.15) is 26.6 Å². The molecule has 0 atom stereocenters. The number of aryl methyl sites for hydroxylation is 1. The smallest absolute Gasteiger partial charge is 0.166 e. The van der Waals surface area contributed by atoms with Crippen molar-refractivity contribution in [3.05, 3.63) is 16.1 Å². The van der Waals surface area contributed by atoms with Crippen LogP contribution in [0.25, 0.3) is 0 Å². The summed E-state index contributed by atoms with van der Waals surface area (Å²) in [6.07, 6.45) is 0. The minimum absolute atomic E-state index is 0.0681. The van der Waals surface area contributed by atoms with E-state index < -0.39 is 0 Å². The molecule has 68 valence electrons. The Morgan fingerprint density at radius 1 is 1.25 bits per heavy atom. The molecule has 0 bridgehead atoms. The van der Waals surface area contributed by atoms with E-state index in [2.05, 4.69) is 25.8 Å². The van der Waals surface area contributed by atoms with Crippen molar-refractivity contribution in [2.24, 2.45) is 0 Å². The van der Waals surface area contributed by atoms with Crippen molar-refractivity contribution in [2.75, 3.05) is 0 Å². The van der Waals surface area contributed by atoms with Gasteiger partial charge in [-0.2, -0.15) is 0 Å². The van der Waals surface area contributed by atoms with Crippen molar-refractivity contribution >= 4 is 23.2 Å². The number of imidazole rings is 1. The van der Waals surface area contributed by atoms with Crippen molar-refractivity contribution in [2.45, 2.75) is 33.2 Å². The summed E-state index contributed by atoms with van der Waals surface area (Å²) < 4.78 is 1.91. The zero-order valence-electron chi connectivity index (χ0n) is 7.65. The Balaban J connectivity index is 3.32. The van der Waals surface area contributed by atoms with Crippen LogP contribution < -0.4 is 0 Å². The maximum Gasteiger partial charge on any atom is 0.166 e. The summed E-state index contributed by atoms with van der Waals surface area (Å²) in [5.74, 6) is 0.845. The van der Waals surface area contributed by atoms with Gasteiger partial charge < -0.3 is 4.57 Å². The SMILES string of the molecule is Cc1nc(Cl)c(Cl)n1C(C)(C)C. The molecule has 1 aromatic heterocycles. The third kappa shape index (κ3) is 1.59. The molecule has 1 rings (SSSR count). The maximum atomic E-state index is 5.97.